The van der Waals surface area contributed by atoms with E-state index in [1.54, 1.807) is 17.2 Å². The molecule has 10 nitrogen and oxygen atoms in total. The highest BCUT2D eigenvalue weighted by atomic mass is 28.3. The third kappa shape index (κ3) is 5.46. The summed E-state index contributed by atoms with van der Waals surface area (Å²) in [6, 6.07) is 3.03. The van der Waals surface area contributed by atoms with Crippen LogP contribution in [0.15, 0.2) is 30.9 Å². The fourth-order valence-corrected chi connectivity index (χ4v) is 4.86. The maximum atomic E-state index is 13.8. The second-order valence-corrected chi connectivity index (χ2v) is 17.0. The zero-order valence-electron chi connectivity index (χ0n) is 22.1. The normalized spacial score (nSPS) is 14.9. The van der Waals surface area contributed by atoms with E-state index in [9.17, 15) is 13.2 Å². The van der Waals surface area contributed by atoms with Gasteiger partial charge >= 0.3 is 6.18 Å². The summed E-state index contributed by atoms with van der Waals surface area (Å²) in [5.74, 6) is 0.832. The van der Waals surface area contributed by atoms with E-state index in [4.69, 9.17) is 9.84 Å². The molecule has 0 atom stereocenters. The van der Waals surface area contributed by atoms with Crippen molar-refractivity contribution in [3.05, 3.63) is 42.1 Å². The van der Waals surface area contributed by atoms with Crippen molar-refractivity contribution < 1.29 is 17.9 Å². The molecule has 0 amide bonds. The molecule has 5 rings (SSSR count). The maximum Gasteiger partial charge on any atom is 0.418 e. The number of nitrogens with one attached hydrogen (secondary N) is 1. The fourth-order valence-electron chi connectivity index (χ4n) is 4.10. The molecule has 0 spiro atoms. The Kier molecular flexibility index (Phi) is 6.58. The van der Waals surface area contributed by atoms with Gasteiger partial charge in [0.15, 0.2) is 0 Å². The minimum atomic E-state index is -4.54. The highest BCUT2D eigenvalue weighted by Gasteiger charge is 2.36. The third-order valence-corrected chi connectivity index (χ3v) is 8.27. The van der Waals surface area contributed by atoms with Crippen LogP contribution >= 0.6 is 0 Å². The lowest BCUT2D eigenvalue weighted by Gasteiger charge is -2.20. The Morgan fingerprint density at radius 2 is 1.84 bits per heavy atom. The summed E-state index contributed by atoms with van der Waals surface area (Å²) in [5, 5.41) is 16.5. The standard InChI is InChI=1S/C24H32F3N9OSi/c1-23(2,36-29-8-9-30-36)19-12-20(35(33-19)16-6-7-16)31-22-28-13-17-18(24(25,26)27)14-34(21(17)32-22)15-37-10-11-38(3,4)5/h8-9,12-14,16H,6-7,10-11,15H2,1-5H3,(H,28,31,32). The third-order valence-electron chi connectivity index (χ3n) is 6.56. The molecular formula is C24H32F3N9OSi. The Balaban J connectivity index is 1.45. The predicted molar refractivity (Wildman–Crippen MR) is 139 cm³/mol. The molecule has 0 bridgehead atoms. The van der Waals surface area contributed by atoms with Gasteiger partial charge in [-0.05, 0) is 32.7 Å². The molecule has 1 aliphatic rings. The van der Waals surface area contributed by atoms with Crippen LogP contribution in [0.25, 0.3) is 11.0 Å². The molecule has 0 unspecified atom stereocenters. The molecule has 38 heavy (non-hydrogen) atoms. The van der Waals surface area contributed by atoms with Crippen LogP contribution in [0.2, 0.25) is 25.7 Å². The van der Waals surface area contributed by atoms with Gasteiger partial charge in [-0.25, -0.2) is 9.67 Å². The molecule has 1 N–H and O–H groups in total. The first-order valence-corrected chi connectivity index (χ1v) is 16.3. The lowest BCUT2D eigenvalue weighted by molar-refractivity contribution is -0.136. The van der Waals surface area contributed by atoms with Gasteiger partial charge in [-0.15, -0.1) is 0 Å². The first kappa shape index (κ1) is 26.3. The minimum Gasteiger partial charge on any atom is -0.361 e. The largest absolute Gasteiger partial charge is 0.418 e. The average Bonchev–Trinajstić information content (AvgIpc) is 3.22. The van der Waals surface area contributed by atoms with Gasteiger partial charge in [-0.1, -0.05) is 19.6 Å². The fraction of sp³-hybridized carbons (Fsp3) is 0.542. The molecule has 4 aromatic heterocycles. The Hall–Kier alpha value is -3.26. The molecule has 0 saturated heterocycles. The van der Waals surface area contributed by atoms with Gasteiger partial charge in [-0.3, -0.25) is 0 Å². The number of anilines is 2. The Bertz CT molecular complexity index is 1420. The van der Waals surface area contributed by atoms with Gasteiger partial charge < -0.3 is 14.6 Å². The van der Waals surface area contributed by atoms with Gasteiger partial charge in [0.25, 0.3) is 0 Å². The molecule has 0 aliphatic heterocycles. The molecule has 0 aromatic carbocycles. The molecule has 14 heteroatoms. The van der Waals surface area contributed by atoms with E-state index in [1.165, 1.54) is 10.8 Å². The van der Waals surface area contributed by atoms with E-state index in [2.05, 4.69) is 45.1 Å². The average molecular weight is 548 g/mol. The van der Waals surface area contributed by atoms with E-state index < -0.39 is 25.4 Å². The second-order valence-electron chi connectivity index (χ2n) is 11.4. The molecule has 1 saturated carbocycles. The van der Waals surface area contributed by atoms with Gasteiger partial charge in [0.05, 0.1) is 29.7 Å². The van der Waals surface area contributed by atoms with E-state index in [-0.39, 0.29) is 29.8 Å². The molecule has 0 radical (unpaired) electrons. The highest BCUT2D eigenvalue weighted by molar-refractivity contribution is 6.76. The predicted octanol–water partition coefficient (Wildman–Crippen LogP) is 5.41. The van der Waals surface area contributed by atoms with Crippen molar-refractivity contribution in [1.82, 2.24) is 39.3 Å². The number of rotatable bonds is 10. The molecular weight excluding hydrogens is 515 g/mol. The summed E-state index contributed by atoms with van der Waals surface area (Å²) in [7, 11) is -1.33. The minimum absolute atomic E-state index is 0.0251. The van der Waals surface area contributed by atoms with Crippen LogP contribution in [0.4, 0.5) is 24.9 Å². The van der Waals surface area contributed by atoms with Gasteiger partial charge in [-0.2, -0.15) is 38.2 Å². The quantitative estimate of drug-likeness (QED) is 0.209. The summed E-state index contributed by atoms with van der Waals surface area (Å²) in [6.45, 7) is 11.1. The zero-order valence-corrected chi connectivity index (χ0v) is 23.1. The number of fused-ring (bicyclic) bond motifs is 1. The number of alkyl halides is 3. The maximum absolute atomic E-state index is 13.8. The molecule has 4 heterocycles. The highest BCUT2D eigenvalue weighted by Crippen LogP contribution is 2.40. The van der Waals surface area contributed by atoms with Crippen LogP contribution in [0.5, 0.6) is 0 Å². The van der Waals surface area contributed by atoms with Crippen LogP contribution in [0.3, 0.4) is 0 Å². The Morgan fingerprint density at radius 1 is 1.13 bits per heavy atom. The van der Waals surface area contributed by atoms with Crippen LogP contribution in [0.1, 0.15) is 44.0 Å². The number of hydrogen-bond acceptors (Lipinski definition) is 7. The SMILES string of the molecule is CC(C)(c1cc(Nc2ncc3c(C(F)(F)F)cn(COCC[Si](C)(C)C)c3n2)n(C2CC2)n1)n1nccn1. The van der Waals surface area contributed by atoms with Crippen molar-refractivity contribution in [3.8, 4) is 0 Å². The van der Waals surface area contributed by atoms with Gasteiger partial charge in [0.1, 0.15) is 23.7 Å². The number of aromatic nitrogens is 8. The van der Waals surface area contributed by atoms with Gasteiger partial charge in [0, 0.05) is 38.5 Å². The van der Waals surface area contributed by atoms with E-state index in [1.807, 2.05) is 24.6 Å². The molecule has 4 aromatic rings. The summed E-state index contributed by atoms with van der Waals surface area (Å²) in [4.78, 5) is 10.3. The summed E-state index contributed by atoms with van der Waals surface area (Å²) >= 11 is 0. The first-order valence-electron chi connectivity index (χ1n) is 12.6. The Labute approximate surface area is 219 Å². The number of halogens is 3. The van der Waals surface area contributed by atoms with E-state index >= 15 is 0 Å². The van der Waals surface area contributed by atoms with E-state index in [0.717, 1.165) is 30.8 Å². The van der Waals surface area contributed by atoms with Crippen molar-refractivity contribution >= 4 is 30.9 Å². The summed E-state index contributed by atoms with van der Waals surface area (Å²) in [5.41, 5.74) is -0.509. The van der Waals surface area contributed by atoms with Crippen LogP contribution < -0.4 is 5.32 Å². The number of hydrogen-bond donors (Lipinski definition) is 1. The van der Waals surface area contributed by atoms with Crippen molar-refractivity contribution in [2.24, 2.45) is 0 Å². The first-order chi connectivity index (χ1) is 17.8. The second kappa shape index (κ2) is 9.49. The number of nitrogens with zero attached hydrogens (tertiary/aromatic N) is 8. The van der Waals surface area contributed by atoms with Gasteiger partial charge in [0.2, 0.25) is 5.95 Å². The zero-order chi connectivity index (χ0) is 27.3. The van der Waals surface area contributed by atoms with Crippen molar-refractivity contribution in [2.75, 3.05) is 11.9 Å². The number of ether oxygens (including phenoxy) is 1. The van der Waals surface area contributed by atoms with Crippen molar-refractivity contribution in [1.29, 1.82) is 0 Å². The molecule has 204 valence electrons. The molecule has 1 aliphatic carbocycles. The van der Waals surface area contributed by atoms with Crippen molar-refractivity contribution in [2.45, 2.75) is 76.9 Å². The summed E-state index contributed by atoms with van der Waals surface area (Å²) < 4.78 is 50.3. The van der Waals surface area contributed by atoms with Crippen LogP contribution in [0, 0.1) is 0 Å². The summed E-state index contributed by atoms with van der Waals surface area (Å²) in [6.07, 6.45) is 2.92. The van der Waals surface area contributed by atoms with Crippen LogP contribution in [-0.2, 0) is 23.2 Å². The monoisotopic (exact) mass is 547 g/mol. The lowest BCUT2D eigenvalue weighted by Crippen LogP contribution is -2.30. The van der Waals surface area contributed by atoms with Crippen LogP contribution in [-0.4, -0.2) is 54.0 Å². The smallest absolute Gasteiger partial charge is 0.361 e. The lowest BCUT2D eigenvalue weighted by atomic mass is 10.0. The Morgan fingerprint density at radius 3 is 2.47 bits per heavy atom. The van der Waals surface area contributed by atoms with E-state index in [0.29, 0.717) is 12.4 Å². The topological polar surface area (TPSA) is 100 Å². The molecule has 1 fully saturated rings. The van der Waals surface area contributed by atoms with Crippen molar-refractivity contribution in [3.63, 3.8) is 0 Å².